The van der Waals surface area contributed by atoms with E-state index in [0.29, 0.717) is 32.0 Å². The molecule has 3 fully saturated rings. The molecule has 0 N–H and O–H groups in total. The standard InChI is InChI=1S/C28H50F2O2/c1-3-5-7-8-21-9-13-23(14-10-21)24-15-11-22(12-16-24)20-32-26-18-17-25(27(29)28(26)30)31-19-6-4-2/h21-28H,3-20H2,1-2H3. The molecular weight excluding hydrogens is 406 g/mol. The Balaban J connectivity index is 1.29. The van der Waals surface area contributed by atoms with Gasteiger partial charge in [-0.15, -0.1) is 0 Å². The average Bonchev–Trinajstić information content (AvgIpc) is 2.82. The molecule has 0 amide bonds. The SMILES string of the molecule is CCCCCC1CCC(C2CCC(COC3CCC(OCCCC)C(F)C3F)CC2)CC1. The van der Waals surface area contributed by atoms with Gasteiger partial charge in [0, 0.05) is 13.2 Å². The van der Waals surface area contributed by atoms with Gasteiger partial charge in [0.2, 0.25) is 0 Å². The Morgan fingerprint density at radius 3 is 1.69 bits per heavy atom. The molecule has 4 atom stereocenters. The van der Waals surface area contributed by atoms with E-state index in [-0.39, 0.29) is 0 Å². The molecule has 0 saturated heterocycles. The Kier molecular flexibility index (Phi) is 11.7. The van der Waals surface area contributed by atoms with Gasteiger partial charge in [-0.3, -0.25) is 0 Å². The number of hydrogen-bond acceptors (Lipinski definition) is 2. The highest BCUT2D eigenvalue weighted by Gasteiger charge is 2.42. The van der Waals surface area contributed by atoms with Crippen LogP contribution in [0.5, 0.6) is 0 Å². The summed E-state index contributed by atoms with van der Waals surface area (Å²) in [6.07, 6.45) is 15.2. The fraction of sp³-hybridized carbons (Fsp3) is 1.00. The summed E-state index contributed by atoms with van der Waals surface area (Å²) in [4.78, 5) is 0. The van der Waals surface area contributed by atoms with E-state index in [9.17, 15) is 8.78 Å². The molecule has 0 aromatic heterocycles. The molecule has 188 valence electrons. The van der Waals surface area contributed by atoms with Crippen LogP contribution in [0, 0.1) is 23.7 Å². The lowest BCUT2D eigenvalue weighted by Crippen LogP contribution is -2.47. The second kappa shape index (κ2) is 14.2. The molecule has 0 aliphatic heterocycles. The maximum atomic E-state index is 14.6. The van der Waals surface area contributed by atoms with E-state index >= 15 is 0 Å². The van der Waals surface area contributed by atoms with Crippen molar-refractivity contribution in [2.24, 2.45) is 23.7 Å². The van der Waals surface area contributed by atoms with Gasteiger partial charge in [-0.25, -0.2) is 8.78 Å². The Morgan fingerprint density at radius 1 is 0.594 bits per heavy atom. The van der Waals surface area contributed by atoms with E-state index in [1.807, 2.05) is 0 Å². The minimum absolute atomic E-state index is 0.528. The predicted octanol–water partition coefficient (Wildman–Crippen LogP) is 8.22. The highest BCUT2D eigenvalue weighted by Crippen LogP contribution is 2.42. The third-order valence-corrected chi connectivity index (χ3v) is 8.79. The highest BCUT2D eigenvalue weighted by molar-refractivity contribution is 4.90. The van der Waals surface area contributed by atoms with Gasteiger partial charge in [0.25, 0.3) is 0 Å². The van der Waals surface area contributed by atoms with Crippen molar-refractivity contribution in [2.45, 2.75) is 141 Å². The molecule has 2 nitrogen and oxygen atoms in total. The van der Waals surface area contributed by atoms with Gasteiger partial charge in [0.15, 0.2) is 12.3 Å². The largest absolute Gasteiger partial charge is 0.375 e. The van der Waals surface area contributed by atoms with Crippen molar-refractivity contribution in [1.29, 1.82) is 0 Å². The summed E-state index contributed by atoms with van der Waals surface area (Å²) < 4.78 is 40.6. The Bertz CT molecular complexity index is 486. The summed E-state index contributed by atoms with van der Waals surface area (Å²) in [5.41, 5.74) is 0. The second-order valence-corrected chi connectivity index (χ2v) is 11.2. The van der Waals surface area contributed by atoms with Crippen LogP contribution in [0.3, 0.4) is 0 Å². The molecule has 3 saturated carbocycles. The molecule has 0 spiro atoms. The van der Waals surface area contributed by atoms with Crippen LogP contribution < -0.4 is 0 Å². The van der Waals surface area contributed by atoms with E-state index in [2.05, 4.69) is 13.8 Å². The van der Waals surface area contributed by atoms with Crippen LogP contribution in [-0.4, -0.2) is 37.8 Å². The molecule has 3 aliphatic carbocycles. The summed E-state index contributed by atoms with van der Waals surface area (Å²) in [5.74, 6) is 3.34. The normalized spacial score (nSPS) is 38.6. The molecule has 0 bridgehead atoms. The Morgan fingerprint density at radius 2 is 1.12 bits per heavy atom. The van der Waals surface area contributed by atoms with Crippen molar-refractivity contribution in [3.8, 4) is 0 Å². The number of ether oxygens (including phenoxy) is 2. The summed E-state index contributed by atoms with van der Waals surface area (Å²) in [7, 11) is 0. The molecule has 0 aromatic rings. The summed E-state index contributed by atoms with van der Waals surface area (Å²) >= 11 is 0. The van der Waals surface area contributed by atoms with Gasteiger partial charge in [-0.2, -0.15) is 0 Å². The third-order valence-electron chi connectivity index (χ3n) is 8.79. The Labute approximate surface area is 196 Å². The topological polar surface area (TPSA) is 18.5 Å². The first kappa shape index (κ1) is 26.4. The molecule has 4 heteroatoms. The second-order valence-electron chi connectivity index (χ2n) is 11.2. The van der Waals surface area contributed by atoms with Crippen LogP contribution in [0.1, 0.15) is 117 Å². The average molecular weight is 457 g/mol. The fourth-order valence-corrected chi connectivity index (χ4v) is 6.50. The third kappa shape index (κ3) is 7.93. The quantitative estimate of drug-likeness (QED) is 0.275. The molecule has 0 aromatic carbocycles. The summed E-state index contributed by atoms with van der Waals surface area (Å²) in [6.45, 7) is 5.51. The minimum Gasteiger partial charge on any atom is -0.375 e. The van der Waals surface area contributed by atoms with Crippen molar-refractivity contribution in [1.82, 2.24) is 0 Å². The summed E-state index contributed by atoms with van der Waals surface area (Å²) in [6, 6.07) is 0. The molecule has 32 heavy (non-hydrogen) atoms. The predicted molar refractivity (Wildman–Crippen MR) is 128 cm³/mol. The summed E-state index contributed by atoms with van der Waals surface area (Å²) in [5, 5.41) is 0. The van der Waals surface area contributed by atoms with Gasteiger partial charge in [-0.1, -0.05) is 58.8 Å². The number of alkyl halides is 2. The lowest BCUT2D eigenvalue weighted by atomic mass is 9.69. The van der Waals surface area contributed by atoms with Gasteiger partial charge >= 0.3 is 0 Å². The Hall–Kier alpha value is -0.220. The maximum absolute atomic E-state index is 14.6. The van der Waals surface area contributed by atoms with Crippen LogP contribution in [-0.2, 0) is 9.47 Å². The zero-order chi connectivity index (χ0) is 22.8. The fourth-order valence-electron chi connectivity index (χ4n) is 6.50. The van der Waals surface area contributed by atoms with Crippen molar-refractivity contribution in [3.63, 3.8) is 0 Å². The van der Waals surface area contributed by atoms with E-state index in [4.69, 9.17) is 9.47 Å². The first-order chi connectivity index (χ1) is 15.6. The van der Waals surface area contributed by atoms with Crippen molar-refractivity contribution in [3.05, 3.63) is 0 Å². The van der Waals surface area contributed by atoms with E-state index in [1.54, 1.807) is 0 Å². The van der Waals surface area contributed by atoms with Crippen molar-refractivity contribution in [2.75, 3.05) is 13.2 Å². The highest BCUT2D eigenvalue weighted by atomic mass is 19.2. The molecule has 0 heterocycles. The van der Waals surface area contributed by atoms with Gasteiger partial charge in [0.05, 0.1) is 12.2 Å². The van der Waals surface area contributed by atoms with Crippen LogP contribution in [0.25, 0.3) is 0 Å². The molecule has 4 unspecified atom stereocenters. The molecule has 3 aliphatic rings. The smallest absolute Gasteiger partial charge is 0.160 e. The monoisotopic (exact) mass is 456 g/mol. The van der Waals surface area contributed by atoms with Crippen LogP contribution >= 0.6 is 0 Å². The number of halogens is 2. The lowest BCUT2D eigenvalue weighted by Gasteiger charge is -2.39. The van der Waals surface area contributed by atoms with Gasteiger partial charge in [-0.05, 0) is 81.5 Å². The van der Waals surface area contributed by atoms with Gasteiger partial charge in [0.1, 0.15) is 0 Å². The van der Waals surface area contributed by atoms with Crippen molar-refractivity contribution < 1.29 is 18.3 Å². The zero-order valence-electron chi connectivity index (χ0n) is 20.9. The first-order valence-electron chi connectivity index (χ1n) is 14.1. The molecule has 0 radical (unpaired) electrons. The van der Waals surface area contributed by atoms with Crippen molar-refractivity contribution >= 4 is 0 Å². The molecule has 3 rings (SSSR count). The van der Waals surface area contributed by atoms with Crippen LogP contribution in [0.2, 0.25) is 0 Å². The number of unbranched alkanes of at least 4 members (excludes halogenated alkanes) is 3. The minimum atomic E-state index is -1.54. The molecular formula is C28H50F2O2. The lowest BCUT2D eigenvalue weighted by molar-refractivity contribution is -0.124. The van der Waals surface area contributed by atoms with E-state index < -0.39 is 24.6 Å². The maximum Gasteiger partial charge on any atom is 0.160 e. The van der Waals surface area contributed by atoms with Gasteiger partial charge < -0.3 is 9.47 Å². The van der Waals surface area contributed by atoms with Crippen LogP contribution in [0.4, 0.5) is 8.78 Å². The number of hydrogen-bond donors (Lipinski definition) is 0. The van der Waals surface area contributed by atoms with E-state index in [0.717, 1.165) is 30.6 Å². The zero-order valence-corrected chi connectivity index (χ0v) is 20.9. The van der Waals surface area contributed by atoms with E-state index in [1.165, 1.54) is 77.0 Å². The van der Waals surface area contributed by atoms with Crippen LogP contribution in [0.15, 0.2) is 0 Å². The first-order valence-corrected chi connectivity index (χ1v) is 14.1. The number of rotatable bonds is 12.